The first-order valence-electron chi connectivity index (χ1n) is 5.46. The highest BCUT2D eigenvalue weighted by Crippen LogP contribution is 2.30. The molecular formula is C10H20N2S. The normalized spacial score (nSPS) is 31.6. The number of rotatable bonds is 3. The third-order valence-corrected chi connectivity index (χ3v) is 4.52. The smallest absolute Gasteiger partial charge is 0.0187 e. The van der Waals surface area contributed by atoms with Gasteiger partial charge in [-0.1, -0.05) is 6.42 Å². The van der Waals surface area contributed by atoms with Gasteiger partial charge in [0.25, 0.3) is 0 Å². The molecule has 1 aliphatic carbocycles. The summed E-state index contributed by atoms with van der Waals surface area (Å²) in [6.07, 6.45) is 5.55. The van der Waals surface area contributed by atoms with Crippen LogP contribution in [0.4, 0.5) is 0 Å². The van der Waals surface area contributed by atoms with Crippen molar-refractivity contribution in [3.05, 3.63) is 0 Å². The van der Waals surface area contributed by atoms with Crippen LogP contribution in [0.25, 0.3) is 0 Å². The molecule has 0 aromatic heterocycles. The second kappa shape index (κ2) is 4.67. The van der Waals surface area contributed by atoms with Gasteiger partial charge in [-0.2, -0.15) is 11.8 Å². The molecule has 1 unspecified atom stereocenters. The van der Waals surface area contributed by atoms with Gasteiger partial charge >= 0.3 is 0 Å². The van der Waals surface area contributed by atoms with E-state index in [2.05, 4.69) is 16.7 Å². The predicted molar refractivity (Wildman–Crippen MR) is 59.1 cm³/mol. The lowest BCUT2D eigenvalue weighted by atomic mass is 9.91. The van der Waals surface area contributed by atoms with Gasteiger partial charge in [0.15, 0.2) is 0 Å². The van der Waals surface area contributed by atoms with Crippen molar-refractivity contribution in [3.63, 3.8) is 0 Å². The third-order valence-electron chi connectivity index (χ3n) is 3.25. The van der Waals surface area contributed by atoms with Crippen LogP contribution in [-0.4, -0.2) is 41.6 Å². The summed E-state index contributed by atoms with van der Waals surface area (Å²) >= 11 is 2.12. The molecular weight excluding hydrogens is 180 g/mol. The van der Waals surface area contributed by atoms with E-state index in [-0.39, 0.29) is 0 Å². The first-order valence-corrected chi connectivity index (χ1v) is 6.51. The molecule has 2 fully saturated rings. The largest absolute Gasteiger partial charge is 0.330 e. The van der Waals surface area contributed by atoms with Gasteiger partial charge < -0.3 is 5.73 Å². The Kier molecular flexibility index (Phi) is 3.52. The highest BCUT2D eigenvalue weighted by Gasteiger charge is 2.29. The molecule has 1 atom stereocenters. The Bertz CT molecular complexity index is 157. The Morgan fingerprint density at radius 1 is 1.38 bits per heavy atom. The van der Waals surface area contributed by atoms with E-state index in [1.54, 1.807) is 0 Å². The zero-order valence-electron chi connectivity index (χ0n) is 8.24. The van der Waals surface area contributed by atoms with E-state index in [0.29, 0.717) is 0 Å². The molecule has 3 heteroatoms. The fourth-order valence-electron chi connectivity index (χ4n) is 2.19. The lowest BCUT2D eigenvalue weighted by Gasteiger charge is -2.42. The van der Waals surface area contributed by atoms with Gasteiger partial charge in [-0.05, 0) is 25.8 Å². The third kappa shape index (κ3) is 2.39. The van der Waals surface area contributed by atoms with Crippen LogP contribution in [0.2, 0.25) is 0 Å². The quantitative estimate of drug-likeness (QED) is 0.745. The summed E-state index contributed by atoms with van der Waals surface area (Å²) in [5, 5.41) is 0.819. The van der Waals surface area contributed by atoms with Crippen LogP contribution >= 0.6 is 11.8 Å². The van der Waals surface area contributed by atoms with E-state index in [4.69, 9.17) is 5.73 Å². The van der Waals surface area contributed by atoms with E-state index in [0.717, 1.165) is 17.8 Å². The van der Waals surface area contributed by atoms with Crippen molar-refractivity contribution in [2.24, 2.45) is 5.73 Å². The highest BCUT2D eigenvalue weighted by atomic mass is 32.2. The lowest BCUT2D eigenvalue weighted by molar-refractivity contribution is 0.131. The summed E-state index contributed by atoms with van der Waals surface area (Å²) in [4.78, 5) is 2.69. The standard InChI is InChI=1S/C10H20N2S/c11-5-4-10-8-12(6-7-13-10)9-2-1-3-9/h9-10H,1-8,11H2. The van der Waals surface area contributed by atoms with Crippen molar-refractivity contribution >= 4 is 11.8 Å². The Hall–Kier alpha value is 0.270. The summed E-state index contributed by atoms with van der Waals surface area (Å²) < 4.78 is 0. The van der Waals surface area contributed by atoms with Crippen LogP contribution in [-0.2, 0) is 0 Å². The Balaban J connectivity index is 1.77. The molecule has 1 aliphatic heterocycles. The maximum absolute atomic E-state index is 5.60. The van der Waals surface area contributed by atoms with Gasteiger partial charge in [0.2, 0.25) is 0 Å². The van der Waals surface area contributed by atoms with E-state index >= 15 is 0 Å². The highest BCUT2D eigenvalue weighted by molar-refractivity contribution is 8.00. The number of thioether (sulfide) groups is 1. The number of hydrogen-bond donors (Lipinski definition) is 1. The van der Waals surface area contributed by atoms with Crippen molar-refractivity contribution < 1.29 is 0 Å². The van der Waals surface area contributed by atoms with Gasteiger partial charge in [0, 0.05) is 30.1 Å². The summed E-state index contributed by atoms with van der Waals surface area (Å²) in [6, 6.07) is 0.932. The van der Waals surface area contributed by atoms with Crippen LogP contribution in [0.5, 0.6) is 0 Å². The van der Waals surface area contributed by atoms with Gasteiger partial charge in [-0.25, -0.2) is 0 Å². The first-order chi connectivity index (χ1) is 6.40. The average Bonchev–Trinajstić information content (AvgIpc) is 2.02. The van der Waals surface area contributed by atoms with Crippen molar-refractivity contribution in [1.82, 2.24) is 4.90 Å². The molecule has 0 spiro atoms. The first kappa shape index (κ1) is 9.81. The Morgan fingerprint density at radius 3 is 2.85 bits per heavy atom. The molecule has 2 rings (SSSR count). The van der Waals surface area contributed by atoms with E-state index in [1.165, 1.54) is 44.5 Å². The molecule has 1 heterocycles. The summed E-state index contributed by atoms with van der Waals surface area (Å²) in [6.45, 7) is 3.47. The summed E-state index contributed by atoms with van der Waals surface area (Å²) in [5.74, 6) is 1.32. The second-order valence-electron chi connectivity index (χ2n) is 4.15. The Morgan fingerprint density at radius 2 is 2.23 bits per heavy atom. The minimum atomic E-state index is 0.819. The summed E-state index contributed by atoms with van der Waals surface area (Å²) in [5.41, 5.74) is 5.60. The molecule has 0 aromatic rings. The molecule has 0 aromatic carbocycles. The zero-order valence-corrected chi connectivity index (χ0v) is 9.06. The molecule has 2 aliphatic rings. The van der Waals surface area contributed by atoms with Crippen LogP contribution in [0.3, 0.4) is 0 Å². The van der Waals surface area contributed by atoms with E-state index in [1.807, 2.05) is 0 Å². The average molecular weight is 200 g/mol. The number of nitrogens with two attached hydrogens (primary N) is 1. The topological polar surface area (TPSA) is 29.3 Å². The molecule has 0 bridgehead atoms. The van der Waals surface area contributed by atoms with Crippen molar-refractivity contribution in [2.75, 3.05) is 25.4 Å². The molecule has 0 amide bonds. The van der Waals surface area contributed by atoms with Crippen LogP contribution < -0.4 is 5.73 Å². The molecule has 1 saturated carbocycles. The summed E-state index contributed by atoms with van der Waals surface area (Å²) in [7, 11) is 0. The molecule has 2 N–H and O–H groups in total. The minimum Gasteiger partial charge on any atom is -0.330 e. The van der Waals surface area contributed by atoms with Gasteiger partial charge in [-0.3, -0.25) is 4.90 Å². The molecule has 13 heavy (non-hydrogen) atoms. The van der Waals surface area contributed by atoms with Crippen LogP contribution in [0.1, 0.15) is 25.7 Å². The van der Waals surface area contributed by atoms with Crippen LogP contribution in [0, 0.1) is 0 Å². The minimum absolute atomic E-state index is 0.819. The van der Waals surface area contributed by atoms with Crippen LogP contribution in [0.15, 0.2) is 0 Å². The number of nitrogens with zero attached hydrogens (tertiary/aromatic N) is 1. The SMILES string of the molecule is NCCC1CN(C2CCC2)CCS1. The Labute approximate surface area is 85.2 Å². The fourth-order valence-corrected chi connectivity index (χ4v) is 3.46. The second-order valence-corrected chi connectivity index (χ2v) is 5.56. The molecule has 1 saturated heterocycles. The fraction of sp³-hybridized carbons (Fsp3) is 1.00. The maximum Gasteiger partial charge on any atom is 0.0187 e. The monoisotopic (exact) mass is 200 g/mol. The van der Waals surface area contributed by atoms with Crippen molar-refractivity contribution in [1.29, 1.82) is 0 Å². The van der Waals surface area contributed by atoms with E-state index < -0.39 is 0 Å². The number of hydrogen-bond acceptors (Lipinski definition) is 3. The van der Waals surface area contributed by atoms with Crippen molar-refractivity contribution in [2.45, 2.75) is 37.0 Å². The predicted octanol–water partition coefficient (Wildman–Crippen LogP) is 1.31. The van der Waals surface area contributed by atoms with Gasteiger partial charge in [-0.15, -0.1) is 0 Å². The lowest BCUT2D eigenvalue weighted by Crippen LogP contribution is -2.47. The zero-order chi connectivity index (χ0) is 9.10. The van der Waals surface area contributed by atoms with Gasteiger partial charge in [0.05, 0.1) is 0 Å². The maximum atomic E-state index is 5.60. The van der Waals surface area contributed by atoms with Crippen molar-refractivity contribution in [3.8, 4) is 0 Å². The molecule has 76 valence electrons. The molecule has 0 radical (unpaired) electrons. The molecule has 2 nitrogen and oxygen atoms in total. The van der Waals surface area contributed by atoms with E-state index in [9.17, 15) is 0 Å². The van der Waals surface area contributed by atoms with Gasteiger partial charge in [0.1, 0.15) is 0 Å².